The van der Waals surface area contributed by atoms with Crippen LogP contribution in [0.1, 0.15) is 45.2 Å². The second-order valence-electron chi connectivity index (χ2n) is 7.35. The Morgan fingerprint density at radius 2 is 1.71 bits per heavy atom. The van der Waals surface area contributed by atoms with Crippen LogP contribution in [0.15, 0.2) is 52.4 Å². The average molecular weight is 439 g/mol. The van der Waals surface area contributed by atoms with Crippen LogP contribution in [0, 0.1) is 6.92 Å². The molecule has 1 aliphatic rings. The molecule has 0 bridgehead atoms. The maximum absolute atomic E-state index is 13.2. The van der Waals surface area contributed by atoms with E-state index in [-0.39, 0.29) is 11.9 Å². The second kappa shape index (κ2) is 10.5. The number of aryl methyl sites for hydroxylation is 1. The highest BCUT2D eigenvalue weighted by Crippen LogP contribution is 2.37. The van der Waals surface area contributed by atoms with Crippen molar-refractivity contribution in [3.05, 3.63) is 58.5 Å². The van der Waals surface area contributed by atoms with Gasteiger partial charge in [-0.15, -0.1) is 0 Å². The predicted octanol–water partition coefficient (Wildman–Crippen LogP) is 6.19. The molecule has 1 atom stereocenters. The molecule has 1 amide bonds. The second-order valence-corrected chi connectivity index (χ2v) is 8.35. The Hall–Kier alpha value is -2.73. The molecule has 3 rings (SSSR count). The topological polar surface area (TPSA) is 51.1 Å². The van der Waals surface area contributed by atoms with Gasteiger partial charge >= 0.3 is 0 Å². The minimum absolute atomic E-state index is 0.0166. The van der Waals surface area contributed by atoms with Crippen molar-refractivity contribution in [3.63, 3.8) is 0 Å². The third kappa shape index (κ3) is 5.50. The standard InChI is InChI=1S/C25H30N2O3S/c1-6-18(5)27-24(28)23(31-25(27)26-20-12-9-17(4)10-13-20)16-19-11-14-21(29-7-2)22(15-19)30-8-3/h9-16,18H,6-8H2,1-5H3/b23-16+,26-25?/t18-/m1/s1. The van der Waals surface area contributed by atoms with Crippen molar-refractivity contribution in [2.45, 2.75) is 47.1 Å². The van der Waals surface area contributed by atoms with Crippen molar-refractivity contribution in [2.75, 3.05) is 13.2 Å². The molecule has 1 saturated heterocycles. The number of nitrogens with zero attached hydrogens (tertiary/aromatic N) is 2. The first kappa shape index (κ1) is 22.9. The lowest BCUT2D eigenvalue weighted by atomic mass is 10.1. The summed E-state index contributed by atoms with van der Waals surface area (Å²) in [5, 5.41) is 0.713. The predicted molar refractivity (Wildman–Crippen MR) is 129 cm³/mol. The summed E-state index contributed by atoms with van der Waals surface area (Å²) >= 11 is 1.41. The first-order chi connectivity index (χ1) is 15.0. The SMILES string of the molecule is CCOc1ccc(/C=C2/SC(=Nc3ccc(C)cc3)N([C@H](C)CC)C2=O)cc1OCC. The highest BCUT2D eigenvalue weighted by molar-refractivity contribution is 8.18. The van der Waals surface area contributed by atoms with Crippen LogP contribution in [0.25, 0.3) is 6.08 Å². The zero-order chi connectivity index (χ0) is 22.4. The van der Waals surface area contributed by atoms with Gasteiger partial charge in [0.05, 0.1) is 23.8 Å². The monoisotopic (exact) mass is 438 g/mol. The summed E-state index contributed by atoms with van der Waals surface area (Å²) in [5.74, 6) is 1.37. The van der Waals surface area contributed by atoms with Crippen molar-refractivity contribution in [1.82, 2.24) is 4.90 Å². The molecule has 6 heteroatoms. The number of carbonyl (C=O) groups excluding carboxylic acids is 1. The lowest BCUT2D eigenvalue weighted by molar-refractivity contribution is -0.123. The van der Waals surface area contributed by atoms with Crippen molar-refractivity contribution >= 4 is 34.6 Å². The average Bonchev–Trinajstić information content (AvgIpc) is 3.06. The fraction of sp³-hybridized carbons (Fsp3) is 0.360. The molecule has 1 heterocycles. The van der Waals surface area contributed by atoms with E-state index in [1.807, 2.05) is 69.3 Å². The normalized spacial score (nSPS) is 17.5. The highest BCUT2D eigenvalue weighted by Gasteiger charge is 2.36. The van der Waals surface area contributed by atoms with Gasteiger partial charge in [0.25, 0.3) is 5.91 Å². The Balaban J connectivity index is 1.96. The zero-order valence-electron chi connectivity index (χ0n) is 18.8. The molecule has 2 aromatic carbocycles. The third-order valence-electron chi connectivity index (χ3n) is 4.99. The molecule has 0 aliphatic carbocycles. The van der Waals surface area contributed by atoms with Crippen LogP contribution in [0.5, 0.6) is 11.5 Å². The van der Waals surface area contributed by atoms with Gasteiger partial charge in [-0.25, -0.2) is 4.99 Å². The molecule has 0 radical (unpaired) electrons. The molecule has 0 unspecified atom stereocenters. The van der Waals surface area contributed by atoms with Crippen molar-refractivity contribution in [3.8, 4) is 11.5 Å². The Labute approximate surface area is 189 Å². The molecular formula is C25H30N2O3S. The van der Waals surface area contributed by atoms with Crippen LogP contribution in [0.3, 0.4) is 0 Å². The molecular weight excluding hydrogens is 408 g/mol. The summed E-state index contributed by atoms with van der Waals surface area (Å²) in [6.45, 7) is 11.2. The van der Waals surface area contributed by atoms with Gasteiger partial charge in [0, 0.05) is 6.04 Å². The number of ether oxygens (including phenoxy) is 2. The number of amides is 1. The molecule has 2 aromatic rings. The number of hydrogen-bond donors (Lipinski definition) is 0. The number of rotatable bonds is 8. The van der Waals surface area contributed by atoms with E-state index in [0.29, 0.717) is 34.8 Å². The van der Waals surface area contributed by atoms with Gasteiger partial charge < -0.3 is 9.47 Å². The van der Waals surface area contributed by atoms with E-state index in [2.05, 4.69) is 13.8 Å². The fourth-order valence-corrected chi connectivity index (χ4v) is 4.26. The molecule has 0 saturated carbocycles. The van der Waals surface area contributed by atoms with Crippen LogP contribution < -0.4 is 9.47 Å². The third-order valence-corrected chi connectivity index (χ3v) is 5.98. The van der Waals surface area contributed by atoms with Crippen molar-refractivity contribution in [1.29, 1.82) is 0 Å². The Bertz CT molecular complexity index is 983. The van der Waals surface area contributed by atoms with E-state index in [1.54, 1.807) is 4.90 Å². The minimum Gasteiger partial charge on any atom is -0.490 e. The lowest BCUT2D eigenvalue weighted by Gasteiger charge is -2.22. The minimum atomic E-state index is -0.0166. The summed E-state index contributed by atoms with van der Waals surface area (Å²) < 4.78 is 11.4. The summed E-state index contributed by atoms with van der Waals surface area (Å²) in [4.78, 5) is 20.5. The number of carbonyl (C=O) groups is 1. The molecule has 1 aliphatic heterocycles. The van der Waals surface area contributed by atoms with Gasteiger partial charge in [-0.1, -0.05) is 30.7 Å². The fourth-order valence-electron chi connectivity index (χ4n) is 3.17. The van der Waals surface area contributed by atoms with Gasteiger partial charge in [0.15, 0.2) is 16.7 Å². The van der Waals surface area contributed by atoms with E-state index in [1.165, 1.54) is 17.3 Å². The molecule has 1 fully saturated rings. The van der Waals surface area contributed by atoms with Gasteiger partial charge in [0.2, 0.25) is 0 Å². The Kier molecular flexibility index (Phi) is 7.80. The molecule has 0 N–H and O–H groups in total. The van der Waals surface area contributed by atoms with Gasteiger partial charge in [-0.2, -0.15) is 0 Å². The van der Waals surface area contributed by atoms with E-state index in [4.69, 9.17) is 14.5 Å². The zero-order valence-corrected chi connectivity index (χ0v) is 19.7. The van der Waals surface area contributed by atoms with E-state index in [0.717, 1.165) is 17.7 Å². The van der Waals surface area contributed by atoms with E-state index >= 15 is 0 Å². The van der Waals surface area contributed by atoms with E-state index in [9.17, 15) is 4.79 Å². The van der Waals surface area contributed by atoms with Gasteiger partial charge in [0.1, 0.15) is 0 Å². The largest absolute Gasteiger partial charge is 0.490 e. The summed E-state index contributed by atoms with van der Waals surface area (Å²) in [7, 11) is 0. The maximum Gasteiger partial charge on any atom is 0.266 e. The molecule has 31 heavy (non-hydrogen) atoms. The summed E-state index contributed by atoms with van der Waals surface area (Å²) in [6, 6.07) is 13.8. The summed E-state index contributed by atoms with van der Waals surface area (Å²) in [6.07, 6.45) is 2.75. The number of thioether (sulfide) groups is 1. The first-order valence-corrected chi connectivity index (χ1v) is 11.6. The smallest absolute Gasteiger partial charge is 0.266 e. The van der Waals surface area contributed by atoms with Crippen LogP contribution in [-0.4, -0.2) is 35.2 Å². The maximum atomic E-state index is 13.2. The molecule has 0 spiro atoms. The number of benzene rings is 2. The highest BCUT2D eigenvalue weighted by atomic mass is 32.2. The molecule has 5 nitrogen and oxygen atoms in total. The number of aliphatic imine (C=N–C) groups is 1. The molecule has 164 valence electrons. The van der Waals surface area contributed by atoms with Crippen molar-refractivity contribution in [2.24, 2.45) is 4.99 Å². The first-order valence-electron chi connectivity index (χ1n) is 10.7. The van der Waals surface area contributed by atoms with Crippen LogP contribution in [0.2, 0.25) is 0 Å². The Morgan fingerprint density at radius 1 is 1.03 bits per heavy atom. The van der Waals surface area contributed by atoms with Crippen molar-refractivity contribution < 1.29 is 14.3 Å². The lowest BCUT2D eigenvalue weighted by Crippen LogP contribution is -2.36. The van der Waals surface area contributed by atoms with Gasteiger partial charge in [-0.3, -0.25) is 9.69 Å². The van der Waals surface area contributed by atoms with Gasteiger partial charge in [-0.05, 0) is 81.8 Å². The van der Waals surface area contributed by atoms with Crippen LogP contribution >= 0.6 is 11.8 Å². The Morgan fingerprint density at radius 3 is 2.35 bits per heavy atom. The van der Waals surface area contributed by atoms with Crippen LogP contribution in [-0.2, 0) is 4.79 Å². The molecule has 0 aromatic heterocycles. The van der Waals surface area contributed by atoms with E-state index < -0.39 is 0 Å². The number of amidine groups is 1. The summed E-state index contributed by atoms with van der Waals surface area (Å²) in [5.41, 5.74) is 2.91. The number of hydrogen-bond acceptors (Lipinski definition) is 5. The quantitative estimate of drug-likeness (QED) is 0.461. The van der Waals surface area contributed by atoms with Crippen LogP contribution in [0.4, 0.5) is 5.69 Å².